The molecule has 136 valence electrons. The van der Waals surface area contributed by atoms with Gasteiger partial charge < -0.3 is 19.9 Å². The summed E-state index contributed by atoms with van der Waals surface area (Å²) in [6.07, 6.45) is 0. The van der Waals surface area contributed by atoms with Crippen LogP contribution in [0.2, 0.25) is 0 Å². The number of nitrogens with zero attached hydrogens (tertiary/aromatic N) is 6. The number of thiophene rings is 1. The first-order valence-corrected chi connectivity index (χ1v) is 8.80. The van der Waals surface area contributed by atoms with Crippen LogP contribution in [0.1, 0.15) is 0 Å². The lowest BCUT2D eigenvalue weighted by atomic mass is 10.3. The lowest BCUT2D eigenvalue weighted by molar-refractivity contribution is 0.408. The Morgan fingerprint density at radius 2 is 1.85 bits per heavy atom. The molecule has 0 saturated carbocycles. The molecule has 27 heavy (non-hydrogen) atoms. The zero-order valence-corrected chi connectivity index (χ0v) is 15.3. The maximum Gasteiger partial charge on any atom is 0.272 e. The Balaban J connectivity index is 1.70. The molecule has 0 saturated heterocycles. The van der Waals surface area contributed by atoms with Crippen molar-refractivity contribution in [3.8, 4) is 28.2 Å². The van der Waals surface area contributed by atoms with Gasteiger partial charge in [0.15, 0.2) is 0 Å². The lowest BCUT2D eigenvalue weighted by Crippen LogP contribution is -2.15. The molecule has 0 spiro atoms. The zero-order valence-electron chi connectivity index (χ0n) is 14.5. The zero-order chi connectivity index (χ0) is 18.8. The third-order valence-corrected chi connectivity index (χ3v) is 4.64. The van der Waals surface area contributed by atoms with Gasteiger partial charge in [0, 0.05) is 12.7 Å². The van der Waals surface area contributed by atoms with E-state index in [-0.39, 0.29) is 17.6 Å². The summed E-state index contributed by atoms with van der Waals surface area (Å²) >= 11 is 1.44. The summed E-state index contributed by atoms with van der Waals surface area (Å²) in [4.78, 5) is 19.7. The molecule has 0 aliphatic carbocycles. The highest BCUT2D eigenvalue weighted by molar-refractivity contribution is 7.13. The van der Waals surface area contributed by atoms with Crippen LogP contribution in [-0.4, -0.2) is 39.3 Å². The molecule has 0 atom stereocenters. The Morgan fingerprint density at radius 3 is 2.63 bits per heavy atom. The fourth-order valence-corrected chi connectivity index (χ4v) is 3.20. The topological polar surface area (TPSA) is 116 Å². The Hall–Kier alpha value is -3.53. The van der Waals surface area contributed by atoms with Gasteiger partial charge in [-0.25, -0.2) is 0 Å². The molecule has 3 aromatic heterocycles. The number of nitrogens with two attached hydrogens (primary N) is 1. The Bertz CT molecular complexity index is 1060. The number of methoxy groups -OCH3 is 1. The molecule has 9 nitrogen and oxygen atoms in total. The summed E-state index contributed by atoms with van der Waals surface area (Å²) in [6.45, 7) is 0. The molecule has 3 heterocycles. The van der Waals surface area contributed by atoms with Crippen LogP contribution in [0.4, 0.5) is 17.6 Å². The van der Waals surface area contributed by atoms with Crippen molar-refractivity contribution in [2.45, 2.75) is 0 Å². The molecule has 10 heteroatoms. The predicted octanol–water partition coefficient (Wildman–Crippen LogP) is 3.01. The van der Waals surface area contributed by atoms with Crippen molar-refractivity contribution < 1.29 is 9.26 Å². The summed E-state index contributed by atoms with van der Waals surface area (Å²) in [5.41, 5.74) is 6.78. The fraction of sp³-hybridized carbons (Fsp3) is 0.118. The highest BCUT2D eigenvalue weighted by Gasteiger charge is 2.19. The molecule has 0 amide bonds. The first-order valence-electron chi connectivity index (χ1n) is 7.92. The lowest BCUT2D eigenvalue weighted by Gasteiger charge is -2.17. The second kappa shape index (κ2) is 7.00. The Labute approximate surface area is 158 Å². The minimum atomic E-state index is 0.0674. The minimum Gasteiger partial charge on any atom is -0.495 e. The summed E-state index contributed by atoms with van der Waals surface area (Å²) in [7, 11) is 3.42. The van der Waals surface area contributed by atoms with Gasteiger partial charge in [-0.05, 0) is 23.6 Å². The van der Waals surface area contributed by atoms with Gasteiger partial charge in [-0.3, -0.25) is 0 Å². The summed E-state index contributed by atoms with van der Waals surface area (Å²) in [5, 5.41) is 5.85. The van der Waals surface area contributed by atoms with Crippen LogP contribution in [0, 0.1) is 0 Å². The van der Waals surface area contributed by atoms with E-state index in [0.717, 1.165) is 10.6 Å². The van der Waals surface area contributed by atoms with Crippen LogP contribution in [0.5, 0.6) is 5.75 Å². The first kappa shape index (κ1) is 16.9. The second-order valence-electron chi connectivity index (χ2n) is 5.45. The summed E-state index contributed by atoms with van der Waals surface area (Å²) in [6, 6.07) is 11.5. The number of anilines is 3. The number of benzene rings is 1. The molecule has 0 aliphatic rings. The second-order valence-corrected chi connectivity index (χ2v) is 6.37. The van der Waals surface area contributed by atoms with Crippen LogP contribution in [0.25, 0.3) is 22.4 Å². The molecule has 4 aromatic rings. The van der Waals surface area contributed by atoms with Crippen molar-refractivity contribution in [2.75, 3.05) is 24.8 Å². The average molecular weight is 381 g/mol. The van der Waals surface area contributed by atoms with Crippen molar-refractivity contribution in [3.63, 3.8) is 0 Å². The van der Waals surface area contributed by atoms with Crippen molar-refractivity contribution in [1.29, 1.82) is 0 Å². The van der Waals surface area contributed by atoms with Gasteiger partial charge in [-0.2, -0.15) is 19.9 Å². The van der Waals surface area contributed by atoms with Gasteiger partial charge in [0.05, 0.1) is 7.11 Å². The number of rotatable bonds is 5. The van der Waals surface area contributed by atoms with E-state index in [1.165, 1.54) is 11.3 Å². The van der Waals surface area contributed by atoms with Crippen molar-refractivity contribution >= 4 is 28.9 Å². The molecule has 0 aliphatic heterocycles. The predicted molar refractivity (Wildman–Crippen MR) is 102 cm³/mol. The molecule has 0 fully saturated rings. The SMILES string of the molecule is COc1ccsc1-c1nc(-c2nc(N)nc(N(C)c3ccccc3)n2)no1. The molecule has 0 bridgehead atoms. The van der Waals surface area contributed by atoms with E-state index < -0.39 is 0 Å². The molecule has 0 unspecified atom stereocenters. The van der Waals surface area contributed by atoms with Crippen LogP contribution in [0.15, 0.2) is 46.3 Å². The molecule has 4 rings (SSSR count). The Kier molecular flexibility index (Phi) is 4.38. The number of nitrogen functional groups attached to an aromatic ring is 1. The van der Waals surface area contributed by atoms with Crippen molar-refractivity contribution in [1.82, 2.24) is 25.1 Å². The number of aromatic nitrogens is 5. The first-order chi connectivity index (χ1) is 13.2. The highest BCUT2D eigenvalue weighted by Crippen LogP contribution is 2.35. The number of hydrogen-bond donors (Lipinski definition) is 1. The molecule has 1 aromatic carbocycles. The van der Waals surface area contributed by atoms with Crippen molar-refractivity contribution in [2.24, 2.45) is 0 Å². The summed E-state index contributed by atoms with van der Waals surface area (Å²) < 4.78 is 10.6. The summed E-state index contributed by atoms with van der Waals surface area (Å²) in [5.74, 6) is 1.88. The third-order valence-electron chi connectivity index (χ3n) is 3.75. The Morgan fingerprint density at radius 1 is 1.04 bits per heavy atom. The van der Waals surface area contributed by atoms with E-state index in [1.54, 1.807) is 12.0 Å². The van der Waals surface area contributed by atoms with Crippen LogP contribution in [0.3, 0.4) is 0 Å². The van der Waals surface area contributed by atoms with Crippen LogP contribution in [-0.2, 0) is 0 Å². The average Bonchev–Trinajstić information content (AvgIpc) is 3.36. The molecular weight excluding hydrogens is 366 g/mol. The van der Waals surface area contributed by atoms with Crippen LogP contribution < -0.4 is 15.4 Å². The standard InChI is InChI=1S/C17H15N7O2S/c1-24(10-6-4-3-5-7-10)17-21-13(20-16(18)22-17)14-19-15(26-23-14)12-11(25-2)8-9-27-12/h3-9H,1-2H3,(H2,18,20,21,22). The van der Waals surface area contributed by atoms with E-state index in [2.05, 4.69) is 25.1 Å². The quantitative estimate of drug-likeness (QED) is 0.557. The number of hydrogen-bond acceptors (Lipinski definition) is 10. The maximum absolute atomic E-state index is 5.87. The molecule has 0 radical (unpaired) electrons. The van der Waals surface area contributed by atoms with Gasteiger partial charge in [0.2, 0.25) is 23.5 Å². The number of ether oxygens (including phenoxy) is 1. The number of para-hydroxylation sites is 1. The van der Waals surface area contributed by atoms with Gasteiger partial charge in [0.1, 0.15) is 10.6 Å². The van der Waals surface area contributed by atoms with E-state index in [9.17, 15) is 0 Å². The van der Waals surface area contributed by atoms with E-state index >= 15 is 0 Å². The molecule has 2 N–H and O–H groups in total. The minimum absolute atomic E-state index is 0.0674. The van der Waals surface area contributed by atoms with E-state index in [0.29, 0.717) is 17.6 Å². The monoisotopic (exact) mass is 381 g/mol. The normalized spacial score (nSPS) is 10.7. The fourth-order valence-electron chi connectivity index (χ4n) is 2.42. The van der Waals surface area contributed by atoms with Crippen molar-refractivity contribution in [3.05, 3.63) is 41.8 Å². The third kappa shape index (κ3) is 3.29. The highest BCUT2D eigenvalue weighted by atomic mass is 32.1. The maximum atomic E-state index is 5.87. The van der Waals surface area contributed by atoms with E-state index in [1.807, 2.05) is 48.8 Å². The largest absolute Gasteiger partial charge is 0.495 e. The van der Waals surface area contributed by atoms with Gasteiger partial charge in [-0.1, -0.05) is 23.4 Å². The molecular formula is C17H15N7O2S. The van der Waals surface area contributed by atoms with Gasteiger partial charge in [-0.15, -0.1) is 11.3 Å². The van der Waals surface area contributed by atoms with Crippen LogP contribution >= 0.6 is 11.3 Å². The van der Waals surface area contributed by atoms with Gasteiger partial charge in [0.25, 0.3) is 5.89 Å². The van der Waals surface area contributed by atoms with E-state index in [4.69, 9.17) is 15.0 Å². The van der Waals surface area contributed by atoms with Gasteiger partial charge >= 0.3 is 0 Å². The smallest absolute Gasteiger partial charge is 0.272 e.